The number of rotatable bonds is 26. The van der Waals surface area contributed by atoms with Crippen molar-refractivity contribution in [3.63, 3.8) is 0 Å². The van der Waals surface area contributed by atoms with Crippen LogP contribution >= 0.6 is 0 Å². The van der Waals surface area contributed by atoms with Crippen molar-refractivity contribution in [3.05, 3.63) is 77.7 Å². The summed E-state index contributed by atoms with van der Waals surface area (Å²) < 4.78 is 20.7. The highest BCUT2D eigenvalue weighted by atomic mass is 16.7. The van der Waals surface area contributed by atoms with E-state index >= 15 is 0 Å². The van der Waals surface area contributed by atoms with Crippen LogP contribution in [0, 0.1) is 24.7 Å². The van der Waals surface area contributed by atoms with Gasteiger partial charge in [-0.25, -0.2) is 0 Å². The first-order valence-corrected chi connectivity index (χ1v) is 22.2. The summed E-state index contributed by atoms with van der Waals surface area (Å²) in [5.74, 6) is 0.129. The molecule has 1 aromatic heterocycles. The molecular formula is C48H71N3O7. The lowest BCUT2D eigenvalue weighted by molar-refractivity contribution is -0.255. The second-order valence-electron chi connectivity index (χ2n) is 16.6. The number of aromatic nitrogens is 1. The van der Waals surface area contributed by atoms with E-state index in [4.69, 9.17) is 19.0 Å². The van der Waals surface area contributed by atoms with Crippen molar-refractivity contribution in [2.75, 3.05) is 34.0 Å². The van der Waals surface area contributed by atoms with Crippen LogP contribution in [0.25, 0.3) is 0 Å². The number of aryl methyl sites for hydroxylation is 1. The lowest BCUT2D eigenvalue weighted by Gasteiger charge is -2.59. The number of benzene rings is 1. The van der Waals surface area contributed by atoms with Crippen LogP contribution in [0.4, 0.5) is 0 Å². The van der Waals surface area contributed by atoms with E-state index in [1.807, 2.05) is 49.2 Å². The van der Waals surface area contributed by atoms with Gasteiger partial charge < -0.3 is 34.2 Å². The number of carbonyl (C=O) groups is 1. The predicted octanol–water partition coefficient (Wildman–Crippen LogP) is 9.61. The van der Waals surface area contributed by atoms with Crippen molar-refractivity contribution in [1.29, 1.82) is 0 Å². The molecule has 3 aliphatic rings. The van der Waals surface area contributed by atoms with Gasteiger partial charge in [-0.3, -0.25) is 9.78 Å². The Morgan fingerprint density at radius 1 is 1.00 bits per heavy atom. The Balaban J connectivity index is 1.55. The number of hydrogen-bond acceptors (Lipinski definition) is 9. The molecule has 2 aromatic rings. The summed E-state index contributed by atoms with van der Waals surface area (Å²) in [6.45, 7) is 9.09. The van der Waals surface area contributed by atoms with Crippen LogP contribution in [-0.4, -0.2) is 77.5 Å². The summed E-state index contributed by atoms with van der Waals surface area (Å²) in [5.41, 5.74) is 4.65. The number of amides is 1. The van der Waals surface area contributed by atoms with Gasteiger partial charge in [0.05, 0.1) is 23.9 Å². The zero-order chi connectivity index (χ0) is 41.3. The van der Waals surface area contributed by atoms with Gasteiger partial charge in [-0.1, -0.05) is 94.5 Å². The molecule has 10 nitrogen and oxygen atoms in total. The van der Waals surface area contributed by atoms with Gasteiger partial charge in [0.25, 0.3) is 0 Å². The molecule has 10 heteroatoms. The second kappa shape index (κ2) is 23.2. The van der Waals surface area contributed by atoms with E-state index in [2.05, 4.69) is 35.8 Å². The van der Waals surface area contributed by atoms with Crippen LogP contribution < -0.4 is 9.47 Å². The number of pyridine rings is 1. The molecule has 2 aliphatic carbocycles. The standard InChI is InChI=1S/C48H71N3O7/c1-6-8-9-10-11-12-13-14-15-25-45(54)51(4)44-33-42(50-55-5)40-31-36(22-16-18-28-52)39(24-17-19-29-53)46-41-32-38(56-34-37-23-20-21-35(3)49-37)26-27-43(41)58-48(44,47(40)46)57-30-7-2/h7,20-21,23,26-27,31-32,36,39,44,46-47,52-53H,2,6,8-19,22,24-25,28-30,33-34H2,1,3-5H3/t36-,39+,44-,46+,47+,48+/m0/s1. The van der Waals surface area contributed by atoms with Gasteiger partial charge in [0, 0.05) is 50.3 Å². The maximum absolute atomic E-state index is 14.2. The molecule has 0 spiro atoms. The van der Waals surface area contributed by atoms with E-state index in [0.717, 1.165) is 85.4 Å². The number of unbranched alkanes of at least 4 members (excludes halogenated alkanes) is 10. The molecule has 1 aromatic carbocycles. The molecule has 0 radical (unpaired) electrons. The number of hydrogen-bond donors (Lipinski definition) is 2. The van der Waals surface area contributed by atoms with Gasteiger partial charge in [0.2, 0.25) is 11.7 Å². The third kappa shape index (κ3) is 11.3. The van der Waals surface area contributed by atoms with Crippen molar-refractivity contribution < 1.29 is 34.1 Å². The Bertz CT molecular complexity index is 1660. The van der Waals surface area contributed by atoms with Crippen LogP contribution in [0.1, 0.15) is 139 Å². The number of oxime groups is 1. The number of likely N-dealkylation sites (N-methyl/N-ethyl adjacent to an activating group) is 1. The number of allylic oxidation sites excluding steroid dienone is 1. The van der Waals surface area contributed by atoms with Crippen LogP contribution in [0.2, 0.25) is 0 Å². The average molecular weight is 802 g/mol. The van der Waals surface area contributed by atoms with Crippen LogP contribution in [0.5, 0.6) is 11.5 Å². The zero-order valence-electron chi connectivity index (χ0n) is 35.8. The van der Waals surface area contributed by atoms with E-state index < -0.39 is 11.8 Å². The molecule has 0 saturated heterocycles. The van der Waals surface area contributed by atoms with Crippen molar-refractivity contribution in [2.24, 2.45) is 22.9 Å². The summed E-state index contributed by atoms with van der Waals surface area (Å²) in [6.07, 6.45) is 20.6. The monoisotopic (exact) mass is 802 g/mol. The van der Waals surface area contributed by atoms with E-state index in [-0.39, 0.29) is 49.4 Å². The molecule has 2 heterocycles. The molecule has 1 saturated carbocycles. The molecule has 1 aliphatic heterocycles. The number of aliphatic hydroxyl groups excluding tert-OH is 2. The predicted molar refractivity (Wildman–Crippen MR) is 230 cm³/mol. The molecule has 1 amide bonds. The van der Waals surface area contributed by atoms with Crippen molar-refractivity contribution in [3.8, 4) is 11.5 Å². The summed E-state index contributed by atoms with van der Waals surface area (Å²) in [5, 5.41) is 24.4. The second-order valence-corrected chi connectivity index (χ2v) is 16.6. The molecule has 6 atom stereocenters. The van der Waals surface area contributed by atoms with Crippen LogP contribution in [-0.2, 0) is 21.0 Å². The van der Waals surface area contributed by atoms with Gasteiger partial charge >= 0.3 is 0 Å². The third-order valence-electron chi connectivity index (χ3n) is 12.5. The first kappa shape index (κ1) is 45.4. The van der Waals surface area contributed by atoms with E-state index in [0.29, 0.717) is 31.6 Å². The lowest BCUT2D eigenvalue weighted by atomic mass is 9.55. The summed E-state index contributed by atoms with van der Waals surface area (Å²) >= 11 is 0. The topological polar surface area (TPSA) is 123 Å². The fourth-order valence-corrected chi connectivity index (χ4v) is 9.70. The highest BCUT2D eigenvalue weighted by molar-refractivity contribution is 6.03. The molecule has 58 heavy (non-hydrogen) atoms. The Kier molecular flexibility index (Phi) is 18.1. The number of nitrogens with zero attached hydrogens (tertiary/aromatic N) is 3. The van der Waals surface area contributed by atoms with E-state index in [1.54, 1.807) is 13.2 Å². The van der Waals surface area contributed by atoms with E-state index in [1.165, 1.54) is 38.5 Å². The Morgan fingerprint density at radius 2 is 1.72 bits per heavy atom. The highest BCUT2D eigenvalue weighted by Gasteiger charge is 2.65. The maximum atomic E-state index is 14.2. The largest absolute Gasteiger partial charge is 0.487 e. The molecular weight excluding hydrogens is 731 g/mol. The van der Waals surface area contributed by atoms with Gasteiger partial charge in [-0.15, -0.1) is 6.58 Å². The zero-order valence-corrected chi connectivity index (χ0v) is 35.8. The summed E-state index contributed by atoms with van der Waals surface area (Å²) in [7, 11) is 3.47. The smallest absolute Gasteiger partial charge is 0.239 e. The minimum absolute atomic E-state index is 0.0651. The highest BCUT2D eigenvalue weighted by Crippen LogP contribution is 2.61. The quantitative estimate of drug-likeness (QED) is 0.0548. The molecule has 0 unspecified atom stereocenters. The Labute approximate surface area is 348 Å². The number of fused-ring (bicyclic) bond motifs is 2. The molecule has 2 N–H and O–H groups in total. The number of carbonyl (C=O) groups excluding carboxylic acids is 1. The first-order chi connectivity index (χ1) is 28.3. The average Bonchev–Trinajstić information content (AvgIpc) is 3.23. The van der Waals surface area contributed by atoms with Crippen LogP contribution in [0.15, 0.2) is 65.9 Å². The lowest BCUT2D eigenvalue weighted by Crippen LogP contribution is -2.69. The normalized spacial score (nSPS) is 24.0. The number of aliphatic hydroxyl groups is 2. The fourth-order valence-electron chi connectivity index (χ4n) is 9.70. The minimum atomic E-state index is -1.24. The van der Waals surface area contributed by atoms with Crippen molar-refractivity contribution in [2.45, 2.75) is 147 Å². The first-order valence-electron chi connectivity index (χ1n) is 22.2. The molecule has 320 valence electrons. The SMILES string of the molecule is C=CCO[C@@]12Oc3ccc(OCc4cccc(C)n4)cc3[C@H]3[C@H](CCCCO)[C@@H](CCCCO)C=C(C(=NOC)C[C@@H]1N(C)C(=O)CCCCCCCCCCC)[C@H]32. The molecule has 5 rings (SSSR count). The molecule has 1 fully saturated rings. The molecule has 0 bridgehead atoms. The van der Waals surface area contributed by atoms with Crippen molar-refractivity contribution >= 4 is 11.6 Å². The Hall–Kier alpha value is -3.73. The maximum Gasteiger partial charge on any atom is 0.239 e. The van der Waals surface area contributed by atoms with Gasteiger partial charge in [0.1, 0.15) is 31.3 Å². The summed E-state index contributed by atoms with van der Waals surface area (Å²) in [4.78, 5) is 26.3. The van der Waals surface area contributed by atoms with Gasteiger partial charge in [-0.05, 0) is 86.8 Å². The van der Waals surface area contributed by atoms with Gasteiger partial charge in [0.15, 0.2) is 0 Å². The fraction of sp³-hybridized carbons (Fsp3) is 0.646. The summed E-state index contributed by atoms with van der Waals surface area (Å²) in [6, 6.07) is 11.5. The Morgan fingerprint density at radius 3 is 2.41 bits per heavy atom. The van der Waals surface area contributed by atoms with E-state index in [9.17, 15) is 15.0 Å². The number of ether oxygens (including phenoxy) is 3. The third-order valence-corrected chi connectivity index (χ3v) is 12.5. The minimum Gasteiger partial charge on any atom is -0.487 e. The van der Waals surface area contributed by atoms with Crippen LogP contribution in [0.3, 0.4) is 0 Å². The van der Waals surface area contributed by atoms with Gasteiger partial charge in [-0.2, -0.15) is 0 Å². The van der Waals surface area contributed by atoms with Crippen molar-refractivity contribution in [1.82, 2.24) is 9.88 Å².